The Labute approximate surface area is 177 Å². The molecule has 0 saturated carbocycles. The Balaban J connectivity index is 1.63. The van der Waals surface area contributed by atoms with E-state index in [0.717, 1.165) is 17.0 Å². The van der Waals surface area contributed by atoms with Gasteiger partial charge in [0.25, 0.3) is 0 Å². The van der Waals surface area contributed by atoms with Crippen molar-refractivity contribution in [1.29, 1.82) is 0 Å². The van der Waals surface area contributed by atoms with Crippen LogP contribution in [-0.4, -0.2) is 40.9 Å². The van der Waals surface area contributed by atoms with Gasteiger partial charge in [0.2, 0.25) is 5.91 Å². The number of carbonyl (C=O) groups is 2. The number of hydrogen-bond donors (Lipinski definition) is 1. The Kier molecular flexibility index (Phi) is 6.95. The van der Waals surface area contributed by atoms with E-state index in [2.05, 4.69) is 10.3 Å². The summed E-state index contributed by atoms with van der Waals surface area (Å²) in [5.41, 5.74) is 1.68. The molecule has 0 aliphatic carbocycles. The largest absolute Gasteiger partial charge is 0.497 e. The number of esters is 1. The van der Waals surface area contributed by atoms with Gasteiger partial charge in [-0.2, -0.15) is 0 Å². The van der Waals surface area contributed by atoms with Crippen LogP contribution in [0.25, 0.3) is 5.69 Å². The summed E-state index contributed by atoms with van der Waals surface area (Å²) in [6.45, 7) is 3.89. The lowest BCUT2D eigenvalue weighted by molar-refractivity contribution is -0.113. The Morgan fingerprint density at radius 3 is 2.90 bits per heavy atom. The number of ether oxygens (including phenoxy) is 2. The first-order chi connectivity index (χ1) is 14.0. The van der Waals surface area contributed by atoms with Crippen molar-refractivity contribution in [1.82, 2.24) is 9.55 Å². The highest BCUT2D eigenvalue weighted by Crippen LogP contribution is 2.28. The topological polar surface area (TPSA) is 82.5 Å². The van der Waals surface area contributed by atoms with Crippen molar-refractivity contribution in [3.8, 4) is 11.4 Å². The maximum absolute atomic E-state index is 12.4. The van der Waals surface area contributed by atoms with E-state index >= 15 is 0 Å². The molecule has 0 aliphatic rings. The van der Waals surface area contributed by atoms with Gasteiger partial charge in [0.15, 0.2) is 5.16 Å². The number of nitrogens with one attached hydrogen (secondary N) is 1. The minimum absolute atomic E-state index is 0.174. The van der Waals surface area contributed by atoms with Gasteiger partial charge in [-0.1, -0.05) is 17.8 Å². The predicted octanol–water partition coefficient (Wildman–Crippen LogP) is 4.16. The Bertz CT molecular complexity index is 1010. The van der Waals surface area contributed by atoms with Crippen LogP contribution in [0, 0.1) is 6.92 Å². The van der Waals surface area contributed by atoms with Crippen LogP contribution in [-0.2, 0) is 9.53 Å². The summed E-state index contributed by atoms with van der Waals surface area (Å²) in [7, 11) is 1.62. The molecule has 2 aromatic heterocycles. The number of carbonyl (C=O) groups excluding carboxylic acids is 2. The first-order valence-corrected chi connectivity index (χ1v) is 10.7. The number of benzene rings is 1. The summed E-state index contributed by atoms with van der Waals surface area (Å²) in [5, 5.41) is 4.15. The van der Waals surface area contributed by atoms with E-state index in [1.54, 1.807) is 26.3 Å². The van der Waals surface area contributed by atoms with Crippen LogP contribution in [0.3, 0.4) is 0 Å². The van der Waals surface area contributed by atoms with E-state index in [1.165, 1.54) is 23.1 Å². The zero-order valence-electron chi connectivity index (χ0n) is 16.3. The molecule has 1 N–H and O–H groups in total. The van der Waals surface area contributed by atoms with Crippen molar-refractivity contribution in [3.05, 3.63) is 53.2 Å². The molecule has 0 saturated heterocycles. The number of rotatable bonds is 8. The monoisotopic (exact) mass is 431 g/mol. The smallest absolute Gasteiger partial charge is 0.348 e. The van der Waals surface area contributed by atoms with Crippen molar-refractivity contribution in [3.63, 3.8) is 0 Å². The van der Waals surface area contributed by atoms with Crippen LogP contribution in [0.2, 0.25) is 0 Å². The minimum atomic E-state index is -0.370. The first kappa shape index (κ1) is 20.9. The second-order valence-electron chi connectivity index (χ2n) is 5.96. The molecule has 2 heterocycles. The lowest BCUT2D eigenvalue weighted by atomic mass is 10.3. The SMILES string of the molecule is CCOC(=O)c1sc(NC(=O)CSc2nccn2-c2cccc(OC)c2)cc1C. The van der Waals surface area contributed by atoms with Crippen molar-refractivity contribution >= 4 is 40.0 Å². The molecule has 0 unspecified atom stereocenters. The average Bonchev–Trinajstić information content (AvgIpc) is 3.33. The molecule has 0 atom stereocenters. The van der Waals surface area contributed by atoms with Gasteiger partial charge < -0.3 is 14.8 Å². The van der Waals surface area contributed by atoms with Crippen molar-refractivity contribution < 1.29 is 19.1 Å². The van der Waals surface area contributed by atoms with Gasteiger partial charge in [-0.3, -0.25) is 9.36 Å². The molecule has 3 aromatic rings. The fourth-order valence-electron chi connectivity index (χ4n) is 2.60. The molecule has 0 bridgehead atoms. The third-order valence-electron chi connectivity index (χ3n) is 3.91. The number of thioether (sulfide) groups is 1. The normalized spacial score (nSPS) is 10.6. The molecular weight excluding hydrogens is 410 g/mol. The Hall–Kier alpha value is -2.78. The molecule has 29 heavy (non-hydrogen) atoms. The van der Waals surface area contributed by atoms with Crippen LogP contribution in [0.15, 0.2) is 47.9 Å². The summed E-state index contributed by atoms with van der Waals surface area (Å²) >= 11 is 2.54. The summed E-state index contributed by atoms with van der Waals surface area (Å²) in [5.74, 6) is 0.388. The molecule has 0 fully saturated rings. The summed E-state index contributed by atoms with van der Waals surface area (Å²) < 4.78 is 12.2. The predicted molar refractivity (Wildman–Crippen MR) is 114 cm³/mol. The van der Waals surface area contributed by atoms with Crippen LogP contribution < -0.4 is 10.1 Å². The van der Waals surface area contributed by atoms with Crippen molar-refractivity contribution in [2.75, 3.05) is 24.8 Å². The fourth-order valence-corrected chi connectivity index (χ4v) is 4.36. The van der Waals surface area contributed by atoms with Gasteiger partial charge >= 0.3 is 5.97 Å². The van der Waals surface area contributed by atoms with Crippen LogP contribution >= 0.6 is 23.1 Å². The van der Waals surface area contributed by atoms with E-state index < -0.39 is 0 Å². The molecule has 0 spiro atoms. The molecule has 9 heteroatoms. The number of hydrogen-bond acceptors (Lipinski definition) is 7. The molecule has 0 aliphatic heterocycles. The van der Waals surface area contributed by atoms with Gasteiger partial charge in [0.05, 0.1) is 30.2 Å². The third kappa shape index (κ3) is 5.18. The highest BCUT2D eigenvalue weighted by Gasteiger charge is 2.16. The lowest BCUT2D eigenvalue weighted by Crippen LogP contribution is -2.13. The number of methoxy groups -OCH3 is 1. The Morgan fingerprint density at radius 1 is 1.31 bits per heavy atom. The zero-order valence-corrected chi connectivity index (χ0v) is 17.9. The Morgan fingerprint density at radius 2 is 2.14 bits per heavy atom. The van der Waals surface area contributed by atoms with Crippen LogP contribution in [0.5, 0.6) is 5.75 Å². The maximum atomic E-state index is 12.4. The number of amides is 1. The number of anilines is 1. The van der Waals surface area contributed by atoms with Gasteiger partial charge in [0, 0.05) is 18.5 Å². The highest BCUT2D eigenvalue weighted by atomic mass is 32.2. The fraction of sp³-hybridized carbons (Fsp3) is 0.250. The van der Waals surface area contributed by atoms with E-state index in [-0.39, 0.29) is 17.6 Å². The van der Waals surface area contributed by atoms with E-state index in [1.807, 2.05) is 42.0 Å². The van der Waals surface area contributed by atoms with Gasteiger partial charge in [-0.05, 0) is 37.6 Å². The summed E-state index contributed by atoms with van der Waals surface area (Å²) in [6.07, 6.45) is 3.53. The molecule has 7 nitrogen and oxygen atoms in total. The van der Waals surface area contributed by atoms with Crippen molar-refractivity contribution in [2.45, 2.75) is 19.0 Å². The van der Waals surface area contributed by atoms with E-state index in [0.29, 0.717) is 21.6 Å². The molecule has 3 rings (SSSR count). The maximum Gasteiger partial charge on any atom is 0.348 e. The third-order valence-corrected chi connectivity index (χ3v) is 6.01. The molecule has 1 aromatic carbocycles. The van der Waals surface area contributed by atoms with Gasteiger partial charge in [-0.25, -0.2) is 9.78 Å². The number of aryl methyl sites for hydroxylation is 1. The van der Waals surface area contributed by atoms with Crippen molar-refractivity contribution in [2.24, 2.45) is 0 Å². The number of aromatic nitrogens is 2. The lowest BCUT2D eigenvalue weighted by Gasteiger charge is -2.09. The van der Waals surface area contributed by atoms with Crippen LogP contribution in [0.1, 0.15) is 22.2 Å². The minimum Gasteiger partial charge on any atom is -0.497 e. The van der Waals surface area contributed by atoms with Gasteiger partial charge in [0.1, 0.15) is 10.6 Å². The number of thiophene rings is 1. The second-order valence-corrected chi connectivity index (χ2v) is 7.96. The van der Waals surface area contributed by atoms with E-state index in [4.69, 9.17) is 9.47 Å². The standard InChI is InChI=1S/C20H21N3O4S2/c1-4-27-19(25)18-13(2)10-17(29-18)22-16(24)12-28-20-21-8-9-23(20)14-6-5-7-15(11-14)26-3/h5-11H,4,12H2,1-3H3,(H,22,24). The molecular formula is C20H21N3O4S2. The zero-order chi connectivity index (χ0) is 20.8. The quantitative estimate of drug-likeness (QED) is 0.426. The first-order valence-electron chi connectivity index (χ1n) is 8.89. The highest BCUT2D eigenvalue weighted by molar-refractivity contribution is 7.99. The van der Waals surface area contributed by atoms with E-state index in [9.17, 15) is 9.59 Å². The molecule has 0 radical (unpaired) electrons. The second kappa shape index (κ2) is 9.62. The molecule has 152 valence electrons. The summed E-state index contributed by atoms with van der Waals surface area (Å²) in [6, 6.07) is 9.39. The van der Waals surface area contributed by atoms with Crippen LogP contribution in [0.4, 0.5) is 5.00 Å². The van der Waals surface area contributed by atoms with Gasteiger partial charge in [-0.15, -0.1) is 11.3 Å². The molecule has 1 amide bonds. The summed E-state index contributed by atoms with van der Waals surface area (Å²) in [4.78, 5) is 29.1. The number of nitrogens with zero attached hydrogens (tertiary/aromatic N) is 2. The average molecular weight is 432 g/mol. The number of imidazole rings is 1.